The Morgan fingerprint density at radius 1 is 1.53 bits per heavy atom. The summed E-state index contributed by atoms with van der Waals surface area (Å²) in [6.07, 6.45) is 3.14. The Hall–Kier alpha value is -1.92. The number of amides is 1. The molecule has 1 fully saturated rings. The van der Waals surface area contributed by atoms with E-state index >= 15 is 0 Å². The Morgan fingerprint density at radius 2 is 2.29 bits per heavy atom. The van der Waals surface area contributed by atoms with Gasteiger partial charge in [-0.3, -0.25) is 4.79 Å². The lowest BCUT2D eigenvalue weighted by Gasteiger charge is -2.22. The molecule has 2 heterocycles. The van der Waals surface area contributed by atoms with Crippen LogP contribution in [0.3, 0.4) is 0 Å². The second-order valence-electron chi connectivity index (χ2n) is 4.23. The van der Waals surface area contributed by atoms with Crippen molar-refractivity contribution in [2.24, 2.45) is 5.73 Å². The van der Waals surface area contributed by atoms with Gasteiger partial charge in [0.2, 0.25) is 17.8 Å². The van der Waals surface area contributed by atoms with Crippen LogP contribution in [-0.2, 0) is 4.79 Å². The van der Waals surface area contributed by atoms with Gasteiger partial charge in [-0.25, -0.2) is 9.97 Å². The standard InChI is InChI=1S/C10H16N6O/c1-15(2)9-12-6-13-10(14-9)16-5-3-4-7(16)8(11)17/h6-7H,3-5H2,1-2H3,(H2,11,17)/t7-/m0/s1. The van der Waals surface area contributed by atoms with Crippen molar-refractivity contribution in [3.05, 3.63) is 6.33 Å². The quantitative estimate of drug-likeness (QED) is 0.753. The van der Waals surface area contributed by atoms with Gasteiger partial charge in [-0.05, 0) is 12.8 Å². The molecule has 0 spiro atoms. The molecule has 92 valence electrons. The Balaban J connectivity index is 2.27. The molecule has 1 aliphatic heterocycles. The lowest BCUT2D eigenvalue weighted by molar-refractivity contribution is -0.119. The van der Waals surface area contributed by atoms with Gasteiger partial charge in [0.1, 0.15) is 12.4 Å². The third-order valence-corrected chi connectivity index (χ3v) is 2.78. The summed E-state index contributed by atoms with van der Waals surface area (Å²) in [4.78, 5) is 27.4. The van der Waals surface area contributed by atoms with Crippen molar-refractivity contribution in [2.45, 2.75) is 18.9 Å². The molecule has 1 aliphatic rings. The maximum absolute atomic E-state index is 11.3. The number of carbonyl (C=O) groups excluding carboxylic acids is 1. The summed E-state index contributed by atoms with van der Waals surface area (Å²) >= 11 is 0. The first-order chi connectivity index (χ1) is 8.09. The molecule has 1 amide bonds. The van der Waals surface area contributed by atoms with E-state index in [4.69, 9.17) is 5.73 Å². The van der Waals surface area contributed by atoms with E-state index in [-0.39, 0.29) is 11.9 Å². The summed E-state index contributed by atoms with van der Waals surface area (Å²) in [6, 6.07) is -0.299. The van der Waals surface area contributed by atoms with Gasteiger partial charge < -0.3 is 15.5 Å². The fourth-order valence-corrected chi connectivity index (χ4v) is 1.94. The van der Waals surface area contributed by atoms with Crippen LogP contribution < -0.4 is 15.5 Å². The Morgan fingerprint density at radius 3 is 2.94 bits per heavy atom. The van der Waals surface area contributed by atoms with Crippen LogP contribution in [0.25, 0.3) is 0 Å². The number of hydrogen-bond donors (Lipinski definition) is 1. The minimum absolute atomic E-state index is 0.299. The number of nitrogens with two attached hydrogens (primary N) is 1. The van der Waals surface area contributed by atoms with Crippen LogP contribution in [0.15, 0.2) is 6.33 Å². The molecule has 0 unspecified atom stereocenters. The summed E-state index contributed by atoms with van der Waals surface area (Å²) in [5, 5.41) is 0. The number of nitrogens with zero attached hydrogens (tertiary/aromatic N) is 5. The van der Waals surface area contributed by atoms with Gasteiger partial charge in [-0.2, -0.15) is 4.98 Å². The van der Waals surface area contributed by atoms with E-state index in [1.807, 2.05) is 19.0 Å². The Kier molecular flexibility index (Phi) is 3.08. The van der Waals surface area contributed by atoms with E-state index in [0.717, 1.165) is 19.4 Å². The van der Waals surface area contributed by atoms with Gasteiger partial charge in [0.25, 0.3) is 0 Å². The molecule has 7 nitrogen and oxygen atoms in total. The second-order valence-corrected chi connectivity index (χ2v) is 4.23. The van der Waals surface area contributed by atoms with Crippen LogP contribution >= 0.6 is 0 Å². The highest BCUT2D eigenvalue weighted by atomic mass is 16.1. The SMILES string of the molecule is CN(C)c1ncnc(N2CCC[C@H]2C(N)=O)n1. The van der Waals surface area contributed by atoms with Crippen molar-refractivity contribution in [3.63, 3.8) is 0 Å². The van der Waals surface area contributed by atoms with E-state index in [9.17, 15) is 4.79 Å². The van der Waals surface area contributed by atoms with Gasteiger partial charge in [0, 0.05) is 20.6 Å². The maximum atomic E-state index is 11.3. The molecule has 1 saturated heterocycles. The molecule has 1 aromatic rings. The lowest BCUT2D eigenvalue weighted by Crippen LogP contribution is -2.41. The van der Waals surface area contributed by atoms with Crippen molar-refractivity contribution in [3.8, 4) is 0 Å². The lowest BCUT2D eigenvalue weighted by atomic mass is 10.2. The third kappa shape index (κ3) is 2.27. The molecule has 1 aromatic heterocycles. The highest BCUT2D eigenvalue weighted by molar-refractivity contribution is 5.83. The van der Waals surface area contributed by atoms with Crippen molar-refractivity contribution >= 4 is 17.8 Å². The van der Waals surface area contributed by atoms with Crippen molar-refractivity contribution < 1.29 is 4.79 Å². The van der Waals surface area contributed by atoms with Gasteiger partial charge in [-0.15, -0.1) is 0 Å². The van der Waals surface area contributed by atoms with Gasteiger partial charge >= 0.3 is 0 Å². The molecular formula is C10H16N6O. The summed E-state index contributed by atoms with van der Waals surface area (Å²) in [6.45, 7) is 0.754. The first kappa shape index (κ1) is 11.6. The summed E-state index contributed by atoms with van der Waals surface area (Å²) < 4.78 is 0. The zero-order valence-corrected chi connectivity index (χ0v) is 10.00. The van der Waals surface area contributed by atoms with Crippen molar-refractivity contribution in [1.82, 2.24) is 15.0 Å². The zero-order valence-electron chi connectivity index (χ0n) is 10.00. The topological polar surface area (TPSA) is 88.2 Å². The molecule has 17 heavy (non-hydrogen) atoms. The predicted molar refractivity (Wildman–Crippen MR) is 63.7 cm³/mol. The molecule has 0 bridgehead atoms. The van der Waals surface area contributed by atoms with Gasteiger partial charge in [0.05, 0.1) is 0 Å². The average Bonchev–Trinajstić information content (AvgIpc) is 2.78. The summed E-state index contributed by atoms with van der Waals surface area (Å²) in [7, 11) is 3.71. The van der Waals surface area contributed by atoms with Gasteiger partial charge in [0.15, 0.2) is 0 Å². The number of rotatable bonds is 3. The Labute approximate surface area is 99.7 Å². The Bertz CT molecular complexity index is 421. The minimum atomic E-state index is -0.325. The monoisotopic (exact) mass is 236 g/mol. The van der Waals surface area contributed by atoms with Crippen LogP contribution in [0, 0.1) is 0 Å². The van der Waals surface area contributed by atoms with Gasteiger partial charge in [-0.1, -0.05) is 0 Å². The van der Waals surface area contributed by atoms with Crippen LogP contribution in [0.5, 0.6) is 0 Å². The molecule has 2 rings (SSSR count). The number of primary amides is 1. The van der Waals surface area contributed by atoms with Crippen molar-refractivity contribution in [1.29, 1.82) is 0 Å². The van der Waals surface area contributed by atoms with E-state index in [0.29, 0.717) is 11.9 Å². The summed E-state index contributed by atoms with van der Waals surface area (Å²) in [5.74, 6) is 0.768. The molecule has 0 radical (unpaired) electrons. The molecule has 0 saturated carbocycles. The first-order valence-electron chi connectivity index (χ1n) is 5.52. The highest BCUT2D eigenvalue weighted by Gasteiger charge is 2.31. The fourth-order valence-electron chi connectivity index (χ4n) is 1.94. The van der Waals surface area contributed by atoms with E-state index in [1.165, 1.54) is 6.33 Å². The van der Waals surface area contributed by atoms with Crippen LogP contribution in [-0.4, -0.2) is 47.5 Å². The second kappa shape index (κ2) is 4.52. The molecule has 0 aromatic carbocycles. The normalized spacial score (nSPS) is 19.4. The average molecular weight is 236 g/mol. The van der Waals surface area contributed by atoms with E-state index in [2.05, 4.69) is 15.0 Å². The minimum Gasteiger partial charge on any atom is -0.368 e. The molecule has 2 N–H and O–H groups in total. The fraction of sp³-hybridized carbons (Fsp3) is 0.600. The molecule has 0 aliphatic carbocycles. The predicted octanol–water partition coefficient (Wildman–Crippen LogP) is -0.608. The van der Waals surface area contributed by atoms with E-state index < -0.39 is 0 Å². The number of anilines is 2. The first-order valence-corrected chi connectivity index (χ1v) is 5.52. The smallest absolute Gasteiger partial charge is 0.240 e. The van der Waals surface area contributed by atoms with Crippen LogP contribution in [0.4, 0.5) is 11.9 Å². The van der Waals surface area contributed by atoms with Crippen molar-refractivity contribution in [2.75, 3.05) is 30.4 Å². The van der Waals surface area contributed by atoms with Crippen LogP contribution in [0.1, 0.15) is 12.8 Å². The number of hydrogen-bond acceptors (Lipinski definition) is 6. The highest BCUT2D eigenvalue weighted by Crippen LogP contribution is 2.22. The largest absolute Gasteiger partial charge is 0.368 e. The number of carbonyl (C=O) groups is 1. The summed E-state index contributed by atoms with van der Waals surface area (Å²) in [5.41, 5.74) is 5.36. The van der Waals surface area contributed by atoms with Crippen LogP contribution in [0.2, 0.25) is 0 Å². The zero-order chi connectivity index (χ0) is 12.4. The maximum Gasteiger partial charge on any atom is 0.240 e. The number of aromatic nitrogens is 3. The molecule has 7 heteroatoms. The van der Waals surface area contributed by atoms with E-state index in [1.54, 1.807) is 4.90 Å². The third-order valence-electron chi connectivity index (χ3n) is 2.78. The molecule has 1 atom stereocenters. The molecular weight excluding hydrogens is 220 g/mol.